The molecule has 0 aliphatic rings. The third kappa shape index (κ3) is 7.30. The van der Waals surface area contributed by atoms with E-state index in [4.69, 9.17) is 25.9 Å². The van der Waals surface area contributed by atoms with Crippen molar-refractivity contribution in [3.05, 3.63) is 82.8 Å². The molecule has 0 aliphatic carbocycles. The van der Waals surface area contributed by atoms with Crippen molar-refractivity contribution in [2.24, 2.45) is 0 Å². The molecule has 2 heterocycles. The van der Waals surface area contributed by atoms with Gasteiger partial charge < -0.3 is 19.3 Å². The fourth-order valence-corrected chi connectivity index (χ4v) is 6.66. The Morgan fingerprint density at radius 2 is 1.75 bits per heavy atom. The fraction of sp³-hybridized carbons (Fsp3) is 0.333. The number of rotatable bonds is 10. The first-order valence-electron chi connectivity index (χ1n) is 14.1. The van der Waals surface area contributed by atoms with Crippen molar-refractivity contribution in [1.82, 2.24) is 9.97 Å². The van der Waals surface area contributed by atoms with Crippen LogP contribution in [0.4, 0.5) is 15.9 Å². The summed E-state index contributed by atoms with van der Waals surface area (Å²) in [6, 6.07) is 15.4. The number of oxazole rings is 1. The van der Waals surface area contributed by atoms with Gasteiger partial charge in [0.15, 0.2) is 8.32 Å². The van der Waals surface area contributed by atoms with Gasteiger partial charge in [-0.3, -0.25) is 0 Å². The Kier molecular flexibility index (Phi) is 9.84. The number of nitriles is 1. The molecule has 0 saturated heterocycles. The second-order valence-corrected chi connectivity index (χ2v) is 17.7. The number of aryl methyl sites for hydroxylation is 1. The highest BCUT2D eigenvalue weighted by atomic mass is 32.2. The molecular weight excluding hydrogens is 594 g/mol. The molecule has 0 unspecified atom stereocenters. The molecule has 44 heavy (non-hydrogen) atoms. The third-order valence-corrected chi connectivity index (χ3v) is 13.2. The lowest BCUT2D eigenvalue weighted by Gasteiger charge is -2.38. The van der Waals surface area contributed by atoms with E-state index in [0.29, 0.717) is 57.2 Å². The van der Waals surface area contributed by atoms with Crippen LogP contribution in [-0.2, 0) is 10.2 Å². The molecule has 2 aromatic carbocycles. The Morgan fingerprint density at radius 1 is 1.11 bits per heavy atom. The average molecular weight is 630 g/mol. The molecule has 0 fully saturated rings. The first-order chi connectivity index (χ1) is 20.7. The molecule has 2 aromatic heterocycles. The number of thioether (sulfide) groups is 1. The minimum Gasteiger partial charge on any atom is -0.491 e. The Bertz CT molecular complexity index is 1720. The van der Waals surface area contributed by atoms with Gasteiger partial charge in [0, 0.05) is 16.9 Å². The van der Waals surface area contributed by atoms with Gasteiger partial charge in [0.2, 0.25) is 11.6 Å². The number of hydrogen-bond acceptors (Lipinski definition) is 8. The zero-order chi connectivity index (χ0) is 32.2. The van der Waals surface area contributed by atoms with E-state index in [9.17, 15) is 9.65 Å². The Hall–Kier alpha value is -4.16. The Morgan fingerprint density at radius 3 is 2.34 bits per heavy atom. The van der Waals surface area contributed by atoms with Gasteiger partial charge >= 0.3 is 0 Å². The van der Waals surface area contributed by atoms with Crippen LogP contribution in [0.5, 0.6) is 5.75 Å². The van der Waals surface area contributed by atoms with Crippen LogP contribution < -0.4 is 10.5 Å². The molecule has 228 valence electrons. The highest BCUT2D eigenvalue weighted by molar-refractivity contribution is 7.98. The summed E-state index contributed by atoms with van der Waals surface area (Å²) in [6.07, 6.45) is -0.0748. The van der Waals surface area contributed by atoms with E-state index in [1.807, 2.05) is 31.2 Å². The summed E-state index contributed by atoms with van der Waals surface area (Å²) in [5, 5.41) is 10.7. The van der Waals surface area contributed by atoms with Gasteiger partial charge in [0.05, 0.1) is 23.9 Å². The minimum absolute atomic E-state index is 0.0392. The van der Waals surface area contributed by atoms with Crippen molar-refractivity contribution in [1.29, 1.82) is 5.26 Å². The Balaban J connectivity index is 1.54. The number of nitrogens with two attached hydrogens (primary N) is 1. The number of nitrogen functional groups attached to an aromatic ring is 1. The van der Waals surface area contributed by atoms with E-state index in [2.05, 4.69) is 54.7 Å². The number of ether oxygens (including phenoxy) is 1. The summed E-state index contributed by atoms with van der Waals surface area (Å²) >= 11 is 1.28. The van der Waals surface area contributed by atoms with E-state index >= 15 is 0 Å². The number of halogens is 1. The summed E-state index contributed by atoms with van der Waals surface area (Å²) in [5.74, 6) is 1.66. The number of aromatic nitrogens is 2. The van der Waals surface area contributed by atoms with Crippen LogP contribution >= 0.6 is 11.8 Å². The number of benzene rings is 2. The smallest absolute Gasteiger partial charge is 0.236 e. The molecule has 0 spiro atoms. The quantitative estimate of drug-likeness (QED) is 0.105. The van der Waals surface area contributed by atoms with Crippen LogP contribution in [0.15, 0.2) is 58.0 Å². The van der Waals surface area contributed by atoms with Crippen molar-refractivity contribution in [3.63, 3.8) is 0 Å². The second-order valence-electron chi connectivity index (χ2n) is 12.0. The van der Waals surface area contributed by atoms with Crippen LogP contribution in [0.3, 0.4) is 0 Å². The lowest BCUT2D eigenvalue weighted by molar-refractivity contribution is 0.129. The topological polar surface area (TPSA) is 112 Å². The van der Waals surface area contributed by atoms with E-state index < -0.39 is 8.32 Å². The molecule has 0 radical (unpaired) electrons. The summed E-state index contributed by atoms with van der Waals surface area (Å²) in [5.41, 5.74) is 8.97. The van der Waals surface area contributed by atoms with Gasteiger partial charge in [-0.25, -0.2) is 19.2 Å². The molecule has 8 nitrogen and oxygen atoms in total. The first kappa shape index (κ1) is 32.7. The highest BCUT2D eigenvalue weighted by Gasteiger charge is 2.38. The molecule has 0 bridgehead atoms. The molecule has 4 aromatic rings. The SMILES string of the molecule is [C-]#[N+]c1c(N)nc(SCc2nc(-c3ccc(F)cc3)oc2C)c(C#N)c1-c1ccc(OC[C@H](C)O[Si](C)(C)C(C)(C)C)cc1. The maximum Gasteiger partial charge on any atom is 0.236 e. The zero-order valence-electron chi connectivity index (χ0n) is 26.0. The molecular formula is C33H36FN5O3SSi. The van der Waals surface area contributed by atoms with Gasteiger partial charge in [-0.15, -0.1) is 0 Å². The van der Waals surface area contributed by atoms with E-state index in [0.717, 1.165) is 0 Å². The lowest BCUT2D eigenvalue weighted by Crippen LogP contribution is -2.44. The molecule has 11 heteroatoms. The number of hydrogen-bond donors (Lipinski definition) is 1. The van der Waals surface area contributed by atoms with Crippen LogP contribution in [0.25, 0.3) is 27.4 Å². The first-order valence-corrected chi connectivity index (χ1v) is 18.0. The van der Waals surface area contributed by atoms with Crippen molar-refractivity contribution in [2.75, 3.05) is 12.3 Å². The van der Waals surface area contributed by atoms with Gasteiger partial charge in [0.1, 0.15) is 40.8 Å². The second kappa shape index (κ2) is 13.2. The van der Waals surface area contributed by atoms with E-state index in [-0.39, 0.29) is 34.0 Å². The molecule has 2 N–H and O–H groups in total. The van der Waals surface area contributed by atoms with E-state index in [1.165, 1.54) is 23.9 Å². The molecule has 0 aliphatic heterocycles. The summed E-state index contributed by atoms with van der Waals surface area (Å²) in [6.45, 7) is 23.0. The number of anilines is 1. The van der Waals surface area contributed by atoms with Crippen molar-refractivity contribution >= 4 is 31.6 Å². The lowest BCUT2D eigenvalue weighted by atomic mass is 10.00. The average Bonchev–Trinajstić information content (AvgIpc) is 3.34. The molecule has 4 rings (SSSR count). The number of pyridine rings is 1. The third-order valence-electron chi connectivity index (χ3n) is 7.65. The maximum absolute atomic E-state index is 13.3. The minimum atomic E-state index is -1.92. The van der Waals surface area contributed by atoms with Crippen LogP contribution in [0, 0.1) is 30.6 Å². The van der Waals surface area contributed by atoms with Crippen molar-refractivity contribution in [2.45, 2.75) is 69.6 Å². The van der Waals surface area contributed by atoms with Crippen LogP contribution in [0.2, 0.25) is 18.1 Å². The molecule has 1 atom stereocenters. The van der Waals surface area contributed by atoms with Gasteiger partial charge in [0.25, 0.3) is 0 Å². The molecule has 0 amide bonds. The van der Waals surface area contributed by atoms with Crippen LogP contribution in [0.1, 0.15) is 44.7 Å². The normalized spacial score (nSPS) is 12.4. The Labute approximate surface area is 263 Å². The van der Waals surface area contributed by atoms with Gasteiger partial charge in [-0.1, -0.05) is 44.7 Å². The maximum atomic E-state index is 13.3. The van der Waals surface area contributed by atoms with Gasteiger partial charge in [-0.05, 0) is 73.9 Å². The van der Waals surface area contributed by atoms with E-state index in [1.54, 1.807) is 19.1 Å². The largest absolute Gasteiger partial charge is 0.491 e. The highest BCUT2D eigenvalue weighted by Crippen LogP contribution is 2.42. The van der Waals surface area contributed by atoms with Crippen molar-refractivity contribution in [3.8, 4) is 34.4 Å². The predicted molar refractivity (Wildman–Crippen MR) is 174 cm³/mol. The van der Waals surface area contributed by atoms with Crippen molar-refractivity contribution < 1.29 is 18.0 Å². The summed E-state index contributed by atoms with van der Waals surface area (Å²) in [4.78, 5) is 12.6. The summed E-state index contributed by atoms with van der Waals surface area (Å²) in [7, 11) is -1.92. The predicted octanol–water partition coefficient (Wildman–Crippen LogP) is 8.94. The van der Waals surface area contributed by atoms with Crippen LogP contribution in [-0.4, -0.2) is 31.0 Å². The molecule has 0 saturated carbocycles. The summed E-state index contributed by atoms with van der Waals surface area (Å²) < 4.78 is 31.6. The standard InChI is InChI=1S/C33H36FN5O3SSi/c1-20(42-44(7,8)33(3,4)5)18-40-25-15-11-22(12-16-25)28-26(17-35)32(39-30(36)29(28)37-6)43-19-27-21(2)41-31(38-27)23-9-13-24(34)14-10-23/h9-16,20H,18-19H2,1-5,7-8H3,(H2,36,39)/t20-/m0/s1. The zero-order valence-corrected chi connectivity index (χ0v) is 27.8. The van der Waals surface area contributed by atoms with Gasteiger partial charge in [-0.2, -0.15) is 5.26 Å². The fourth-order valence-electron chi connectivity index (χ4n) is 4.23. The number of nitrogens with zero attached hydrogens (tertiary/aromatic N) is 4. The monoisotopic (exact) mass is 629 g/mol.